The third-order valence-electron chi connectivity index (χ3n) is 4.43. The van der Waals surface area contributed by atoms with Gasteiger partial charge in [-0.1, -0.05) is 59.2 Å². The molecule has 1 aliphatic rings. The summed E-state index contributed by atoms with van der Waals surface area (Å²) in [6.45, 7) is 0.315. The van der Waals surface area contributed by atoms with E-state index in [1.54, 1.807) is 48.5 Å². The van der Waals surface area contributed by atoms with Crippen LogP contribution in [-0.2, 0) is 11.4 Å². The highest BCUT2D eigenvalue weighted by molar-refractivity contribution is 8.05. The second-order valence-corrected chi connectivity index (χ2v) is 8.72. The fourth-order valence-electron chi connectivity index (χ4n) is 2.98. The van der Waals surface area contributed by atoms with E-state index in [-0.39, 0.29) is 11.7 Å². The van der Waals surface area contributed by atoms with Crippen LogP contribution in [0.4, 0.5) is 10.1 Å². The zero-order valence-electron chi connectivity index (χ0n) is 16.1. The summed E-state index contributed by atoms with van der Waals surface area (Å²) in [5.74, 6) is -0.0725. The Balaban J connectivity index is 1.51. The zero-order chi connectivity index (χ0) is 21.8. The average Bonchev–Trinajstić information content (AvgIpc) is 3.08. The monoisotopic (exact) mass is 474 g/mol. The van der Waals surface area contributed by atoms with E-state index in [0.717, 1.165) is 5.56 Å². The maximum Gasteiger partial charge on any atom is 0.260 e. The van der Waals surface area contributed by atoms with E-state index in [1.807, 2.05) is 18.2 Å². The van der Waals surface area contributed by atoms with E-state index in [1.165, 1.54) is 17.8 Å². The molecule has 8 heteroatoms. The predicted molar refractivity (Wildman–Crippen MR) is 125 cm³/mol. The minimum atomic E-state index is -0.495. The largest absolute Gasteiger partial charge is 0.488 e. The number of carbonyl (C=O) groups excluding carboxylic acids is 1. The van der Waals surface area contributed by atoms with Crippen molar-refractivity contribution >= 4 is 52.6 Å². The smallest absolute Gasteiger partial charge is 0.260 e. The van der Waals surface area contributed by atoms with Gasteiger partial charge in [0.15, 0.2) is 5.50 Å². The average molecular weight is 475 g/mol. The number of anilines is 1. The van der Waals surface area contributed by atoms with Crippen LogP contribution in [0.15, 0.2) is 71.6 Å². The Kier molecular flexibility index (Phi) is 6.70. The summed E-state index contributed by atoms with van der Waals surface area (Å²) in [4.78, 5) is 12.9. The minimum Gasteiger partial charge on any atom is -0.488 e. The van der Waals surface area contributed by atoms with E-state index in [0.29, 0.717) is 38.6 Å². The summed E-state index contributed by atoms with van der Waals surface area (Å²) < 4.78 is 19.8. The van der Waals surface area contributed by atoms with Crippen LogP contribution in [0.2, 0.25) is 10.0 Å². The maximum atomic E-state index is 13.9. The maximum absolute atomic E-state index is 13.9. The molecule has 1 amide bonds. The summed E-state index contributed by atoms with van der Waals surface area (Å²) in [6.07, 6.45) is 1.71. The van der Waals surface area contributed by atoms with Crippen molar-refractivity contribution in [2.45, 2.75) is 12.1 Å². The fraction of sp³-hybridized carbons (Fsp3) is 0.0870. The molecular formula is C23H17Cl2FN2O2S. The number of ether oxygens (including phenoxy) is 1. The lowest BCUT2D eigenvalue weighted by atomic mass is 10.1. The zero-order valence-corrected chi connectivity index (χ0v) is 18.4. The van der Waals surface area contributed by atoms with Crippen LogP contribution in [0.25, 0.3) is 6.08 Å². The van der Waals surface area contributed by atoms with Gasteiger partial charge < -0.3 is 15.4 Å². The van der Waals surface area contributed by atoms with Crippen molar-refractivity contribution in [3.8, 4) is 5.75 Å². The van der Waals surface area contributed by atoms with Gasteiger partial charge in [0.25, 0.3) is 5.91 Å². The molecular weight excluding hydrogens is 458 g/mol. The molecule has 0 saturated carbocycles. The van der Waals surface area contributed by atoms with Gasteiger partial charge in [0.1, 0.15) is 18.2 Å². The Morgan fingerprint density at radius 1 is 1.06 bits per heavy atom. The Bertz CT molecular complexity index is 1160. The lowest BCUT2D eigenvalue weighted by Gasteiger charge is -2.13. The van der Waals surface area contributed by atoms with Crippen LogP contribution in [0, 0.1) is 5.82 Å². The number of halogens is 3. The Morgan fingerprint density at radius 2 is 1.87 bits per heavy atom. The topological polar surface area (TPSA) is 50.4 Å². The van der Waals surface area contributed by atoms with Crippen molar-refractivity contribution in [1.82, 2.24) is 5.32 Å². The van der Waals surface area contributed by atoms with Crippen LogP contribution in [0.1, 0.15) is 11.1 Å². The summed E-state index contributed by atoms with van der Waals surface area (Å²) >= 11 is 13.5. The third kappa shape index (κ3) is 5.53. The Hall–Kier alpha value is -2.67. The molecule has 0 radical (unpaired) electrons. The fourth-order valence-corrected chi connectivity index (χ4v) is 4.34. The first-order chi connectivity index (χ1) is 15.0. The molecule has 0 spiro atoms. The molecule has 1 aliphatic heterocycles. The molecule has 4 rings (SSSR count). The molecule has 158 valence electrons. The van der Waals surface area contributed by atoms with Crippen LogP contribution in [-0.4, -0.2) is 11.4 Å². The van der Waals surface area contributed by atoms with Gasteiger partial charge in [-0.05, 0) is 54.1 Å². The van der Waals surface area contributed by atoms with E-state index in [4.69, 9.17) is 27.9 Å². The summed E-state index contributed by atoms with van der Waals surface area (Å²) in [7, 11) is 0. The van der Waals surface area contributed by atoms with Crippen molar-refractivity contribution in [1.29, 1.82) is 0 Å². The van der Waals surface area contributed by atoms with Gasteiger partial charge in [-0.2, -0.15) is 0 Å². The lowest BCUT2D eigenvalue weighted by Crippen LogP contribution is -2.31. The highest BCUT2D eigenvalue weighted by Crippen LogP contribution is 2.34. The molecule has 3 aromatic carbocycles. The standard InChI is InChI=1S/C23H17Cl2FN2O2S/c24-16-5-3-4-14(10-16)13-30-20-9-8-17(25)11-15(20)12-21-22(29)28-23(31-21)27-19-7-2-1-6-18(19)26/h1-12,23,27H,13H2,(H,28,29)/b21-12-. The highest BCUT2D eigenvalue weighted by atomic mass is 35.5. The number of hydrogen-bond acceptors (Lipinski definition) is 4. The first-order valence-corrected chi connectivity index (χ1v) is 11.0. The number of amides is 1. The number of rotatable bonds is 6. The molecule has 1 fully saturated rings. The molecule has 1 unspecified atom stereocenters. The number of nitrogens with one attached hydrogen (secondary N) is 2. The Labute approximate surface area is 193 Å². The van der Waals surface area contributed by atoms with Crippen LogP contribution in [0.3, 0.4) is 0 Å². The van der Waals surface area contributed by atoms with E-state index < -0.39 is 5.50 Å². The van der Waals surface area contributed by atoms with Crippen molar-refractivity contribution in [2.24, 2.45) is 0 Å². The van der Waals surface area contributed by atoms with Gasteiger partial charge in [0.2, 0.25) is 0 Å². The normalized spacial score (nSPS) is 16.9. The first-order valence-electron chi connectivity index (χ1n) is 9.35. The number of para-hydroxylation sites is 1. The van der Waals surface area contributed by atoms with Gasteiger partial charge in [-0.25, -0.2) is 4.39 Å². The van der Waals surface area contributed by atoms with E-state index in [9.17, 15) is 9.18 Å². The predicted octanol–water partition coefficient (Wildman–Crippen LogP) is 6.31. The van der Waals surface area contributed by atoms with Crippen molar-refractivity contribution < 1.29 is 13.9 Å². The molecule has 2 N–H and O–H groups in total. The summed E-state index contributed by atoms with van der Waals surface area (Å²) in [5.41, 5.74) is 1.41. The Morgan fingerprint density at radius 3 is 2.68 bits per heavy atom. The van der Waals surface area contributed by atoms with Gasteiger partial charge in [-0.15, -0.1) is 0 Å². The number of hydrogen-bond donors (Lipinski definition) is 2. The third-order valence-corrected chi connectivity index (χ3v) is 5.93. The van der Waals surface area contributed by atoms with Crippen LogP contribution in [0.5, 0.6) is 5.75 Å². The summed E-state index contributed by atoms with van der Waals surface area (Å²) in [6, 6.07) is 18.9. The van der Waals surface area contributed by atoms with Crippen molar-refractivity contribution in [3.05, 3.63) is 98.6 Å². The lowest BCUT2D eigenvalue weighted by molar-refractivity contribution is -0.116. The quantitative estimate of drug-likeness (QED) is 0.410. The molecule has 3 aromatic rings. The SMILES string of the molecule is O=C1NC(Nc2ccccc2F)S/C1=C\c1cc(Cl)ccc1OCc1cccc(Cl)c1. The second-order valence-electron chi connectivity index (χ2n) is 6.70. The van der Waals surface area contributed by atoms with E-state index >= 15 is 0 Å². The first kappa shape index (κ1) is 21.6. The van der Waals surface area contributed by atoms with Gasteiger partial charge >= 0.3 is 0 Å². The van der Waals surface area contributed by atoms with Gasteiger partial charge in [0, 0.05) is 15.6 Å². The van der Waals surface area contributed by atoms with E-state index in [2.05, 4.69) is 10.6 Å². The number of carbonyl (C=O) groups is 1. The van der Waals surface area contributed by atoms with Crippen molar-refractivity contribution in [3.63, 3.8) is 0 Å². The van der Waals surface area contributed by atoms with Crippen LogP contribution >= 0.6 is 35.0 Å². The molecule has 0 aromatic heterocycles. The second kappa shape index (κ2) is 9.64. The highest BCUT2D eigenvalue weighted by Gasteiger charge is 2.28. The molecule has 0 aliphatic carbocycles. The van der Waals surface area contributed by atoms with Crippen molar-refractivity contribution in [2.75, 3.05) is 5.32 Å². The minimum absolute atomic E-state index is 0.264. The van der Waals surface area contributed by atoms with Gasteiger partial charge in [-0.3, -0.25) is 4.79 Å². The number of benzene rings is 3. The molecule has 1 atom stereocenters. The number of thioether (sulfide) groups is 1. The van der Waals surface area contributed by atoms with Gasteiger partial charge in [0.05, 0.1) is 10.6 Å². The van der Waals surface area contributed by atoms with Crippen LogP contribution < -0.4 is 15.4 Å². The molecule has 31 heavy (non-hydrogen) atoms. The molecule has 1 heterocycles. The summed E-state index contributed by atoms with van der Waals surface area (Å²) in [5, 5.41) is 6.92. The molecule has 1 saturated heterocycles. The molecule has 0 bridgehead atoms. The molecule has 4 nitrogen and oxygen atoms in total.